The van der Waals surface area contributed by atoms with E-state index >= 15 is 0 Å². The second-order valence-electron chi connectivity index (χ2n) is 4.20. The first kappa shape index (κ1) is 10.5. The van der Waals surface area contributed by atoms with Gasteiger partial charge in [-0.15, -0.1) is 0 Å². The fraction of sp³-hybridized carbons (Fsp3) is 0.538. The van der Waals surface area contributed by atoms with E-state index in [4.69, 9.17) is 10.5 Å². The first-order valence-electron chi connectivity index (χ1n) is 5.80. The molecule has 2 N–H and O–H groups in total. The summed E-state index contributed by atoms with van der Waals surface area (Å²) in [6, 6.07) is 8.36. The molecule has 1 aliphatic heterocycles. The molecule has 2 rings (SSSR count). The summed E-state index contributed by atoms with van der Waals surface area (Å²) in [5.74, 6) is 1.65. The molecule has 0 saturated carbocycles. The molecule has 0 fully saturated rings. The third-order valence-electron chi connectivity index (χ3n) is 3.17. The highest BCUT2D eigenvalue weighted by Crippen LogP contribution is 2.38. The van der Waals surface area contributed by atoms with Crippen molar-refractivity contribution >= 4 is 0 Å². The summed E-state index contributed by atoms with van der Waals surface area (Å²) in [5.41, 5.74) is 7.00. The van der Waals surface area contributed by atoms with Crippen LogP contribution in [0.15, 0.2) is 24.3 Å². The minimum atomic E-state index is 0.372. The molecule has 0 amide bonds. The highest BCUT2D eigenvalue weighted by atomic mass is 16.5. The molecular formula is C13H19NO. The Balaban J connectivity index is 2.25. The van der Waals surface area contributed by atoms with Gasteiger partial charge in [-0.1, -0.05) is 25.1 Å². The van der Waals surface area contributed by atoms with Crippen molar-refractivity contribution in [1.82, 2.24) is 0 Å². The van der Waals surface area contributed by atoms with Crippen LogP contribution in [-0.4, -0.2) is 12.6 Å². The quantitative estimate of drug-likeness (QED) is 0.823. The monoisotopic (exact) mass is 205 g/mol. The van der Waals surface area contributed by atoms with E-state index < -0.39 is 0 Å². The highest BCUT2D eigenvalue weighted by molar-refractivity contribution is 5.38. The summed E-state index contributed by atoms with van der Waals surface area (Å²) in [4.78, 5) is 0. The van der Waals surface area contributed by atoms with Gasteiger partial charge in [-0.3, -0.25) is 0 Å². The van der Waals surface area contributed by atoms with Gasteiger partial charge < -0.3 is 10.5 Å². The van der Waals surface area contributed by atoms with E-state index in [1.807, 2.05) is 6.07 Å². The molecule has 0 aromatic heterocycles. The van der Waals surface area contributed by atoms with Gasteiger partial charge in [-0.25, -0.2) is 0 Å². The van der Waals surface area contributed by atoms with Crippen molar-refractivity contribution < 1.29 is 4.74 Å². The average Bonchev–Trinajstić information content (AvgIpc) is 2.29. The van der Waals surface area contributed by atoms with Crippen LogP contribution in [0.2, 0.25) is 0 Å². The minimum Gasteiger partial charge on any atom is -0.490 e. The smallest absolute Gasteiger partial charge is 0.123 e. The zero-order valence-electron chi connectivity index (χ0n) is 9.28. The number of para-hydroxylation sites is 1. The highest BCUT2D eigenvalue weighted by Gasteiger charge is 2.26. The fourth-order valence-corrected chi connectivity index (χ4v) is 2.32. The Labute approximate surface area is 91.4 Å². The fourth-order valence-electron chi connectivity index (χ4n) is 2.32. The van der Waals surface area contributed by atoms with Crippen LogP contribution in [0.4, 0.5) is 0 Å². The first-order chi connectivity index (χ1) is 7.35. The molecular weight excluding hydrogens is 186 g/mol. The number of rotatable bonds is 3. The molecule has 2 heteroatoms. The number of ether oxygens (including phenoxy) is 1. The normalized spacial score (nSPS) is 24.4. The van der Waals surface area contributed by atoms with Crippen LogP contribution in [-0.2, 0) is 0 Å². The van der Waals surface area contributed by atoms with Crippen LogP contribution >= 0.6 is 0 Å². The van der Waals surface area contributed by atoms with E-state index in [-0.39, 0.29) is 0 Å². The molecule has 2 atom stereocenters. The zero-order valence-corrected chi connectivity index (χ0v) is 9.28. The van der Waals surface area contributed by atoms with Crippen LogP contribution in [0.1, 0.15) is 37.7 Å². The molecule has 82 valence electrons. The van der Waals surface area contributed by atoms with Gasteiger partial charge in [0.05, 0.1) is 6.10 Å². The molecule has 2 nitrogen and oxygen atoms in total. The molecule has 0 bridgehead atoms. The van der Waals surface area contributed by atoms with Crippen molar-refractivity contribution in [3.63, 3.8) is 0 Å². The number of hydrogen-bond donors (Lipinski definition) is 1. The van der Waals surface area contributed by atoms with Crippen LogP contribution in [0.25, 0.3) is 0 Å². The first-order valence-corrected chi connectivity index (χ1v) is 5.80. The lowest BCUT2D eigenvalue weighted by Gasteiger charge is -2.31. The number of hydrogen-bond acceptors (Lipinski definition) is 2. The Kier molecular flexibility index (Phi) is 3.27. The minimum absolute atomic E-state index is 0.372. The van der Waals surface area contributed by atoms with E-state index in [9.17, 15) is 0 Å². The maximum Gasteiger partial charge on any atom is 0.123 e. The van der Waals surface area contributed by atoms with Gasteiger partial charge in [-0.05, 0) is 43.4 Å². The standard InChI is InChI=1S/C13H19NO/c1-2-11-9-10(7-8-14)12-5-3-4-6-13(12)15-11/h3-6,10-11H,2,7-9,14H2,1H3. The van der Waals surface area contributed by atoms with E-state index in [2.05, 4.69) is 25.1 Å². The maximum atomic E-state index is 5.92. The van der Waals surface area contributed by atoms with Crippen molar-refractivity contribution in [2.24, 2.45) is 5.73 Å². The summed E-state index contributed by atoms with van der Waals surface area (Å²) in [6.07, 6.45) is 3.63. The number of nitrogens with two attached hydrogens (primary N) is 1. The van der Waals surface area contributed by atoms with Crippen molar-refractivity contribution in [2.75, 3.05) is 6.54 Å². The molecule has 1 heterocycles. The molecule has 1 aromatic carbocycles. The summed E-state index contributed by atoms with van der Waals surface area (Å²) >= 11 is 0. The average molecular weight is 205 g/mol. The second-order valence-corrected chi connectivity index (χ2v) is 4.20. The van der Waals surface area contributed by atoms with Crippen LogP contribution in [0.5, 0.6) is 5.75 Å². The van der Waals surface area contributed by atoms with Gasteiger partial charge in [0.2, 0.25) is 0 Å². The molecule has 1 aliphatic rings. The molecule has 0 aliphatic carbocycles. The predicted octanol–water partition coefficient (Wildman–Crippen LogP) is 2.68. The Morgan fingerprint density at radius 2 is 2.20 bits per heavy atom. The maximum absolute atomic E-state index is 5.92. The topological polar surface area (TPSA) is 35.2 Å². The van der Waals surface area contributed by atoms with E-state index in [1.165, 1.54) is 5.56 Å². The largest absolute Gasteiger partial charge is 0.490 e. The summed E-state index contributed by atoms with van der Waals surface area (Å²) < 4.78 is 5.92. The molecule has 15 heavy (non-hydrogen) atoms. The van der Waals surface area contributed by atoms with Crippen molar-refractivity contribution in [3.05, 3.63) is 29.8 Å². The third-order valence-corrected chi connectivity index (χ3v) is 3.17. The summed E-state index contributed by atoms with van der Waals surface area (Å²) in [6.45, 7) is 2.94. The number of fused-ring (bicyclic) bond motifs is 1. The summed E-state index contributed by atoms with van der Waals surface area (Å²) in [7, 11) is 0. The van der Waals surface area contributed by atoms with Gasteiger partial charge in [0.1, 0.15) is 5.75 Å². The van der Waals surface area contributed by atoms with Crippen LogP contribution in [0, 0.1) is 0 Å². The lowest BCUT2D eigenvalue weighted by Crippen LogP contribution is -2.26. The Morgan fingerprint density at radius 3 is 2.93 bits per heavy atom. The van der Waals surface area contributed by atoms with Gasteiger partial charge in [-0.2, -0.15) is 0 Å². The Bertz CT molecular complexity index is 324. The zero-order chi connectivity index (χ0) is 10.7. The van der Waals surface area contributed by atoms with E-state index in [1.54, 1.807) is 0 Å². The SMILES string of the molecule is CCC1CC(CCN)c2ccccc2O1. The van der Waals surface area contributed by atoms with Crippen LogP contribution in [0.3, 0.4) is 0 Å². The predicted molar refractivity (Wildman–Crippen MR) is 62.2 cm³/mol. The molecule has 0 saturated heterocycles. The van der Waals surface area contributed by atoms with Gasteiger partial charge in [0.25, 0.3) is 0 Å². The summed E-state index contributed by atoms with van der Waals surface area (Å²) in [5, 5.41) is 0. The lowest BCUT2D eigenvalue weighted by molar-refractivity contribution is 0.152. The molecule has 1 aromatic rings. The van der Waals surface area contributed by atoms with E-state index in [0.717, 1.165) is 31.6 Å². The van der Waals surface area contributed by atoms with Gasteiger partial charge in [0.15, 0.2) is 0 Å². The van der Waals surface area contributed by atoms with Crippen molar-refractivity contribution in [1.29, 1.82) is 0 Å². The number of benzene rings is 1. The van der Waals surface area contributed by atoms with E-state index in [0.29, 0.717) is 12.0 Å². The van der Waals surface area contributed by atoms with Gasteiger partial charge >= 0.3 is 0 Å². The Hall–Kier alpha value is -1.02. The lowest BCUT2D eigenvalue weighted by atomic mass is 9.86. The third kappa shape index (κ3) is 2.15. The second kappa shape index (κ2) is 4.67. The van der Waals surface area contributed by atoms with Crippen LogP contribution < -0.4 is 10.5 Å². The van der Waals surface area contributed by atoms with Gasteiger partial charge in [0, 0.05) is 0 Å². The van der Waals surface area contributed by atoms with Crippen molar-refractivity contribution in [2.45, 2.75) is 38.2 Å². The van der Waals surface area contributed by atoms with Crippen molar-refractivity contribution in [3.8, 4) is 5.75 Å². The molecule has 0 radical (unpaired) electrons. The molecule has 0 spiro atoms. The Morgan fingerprint density at radius 1 is 1.40 bits per heavy atom. The molecule has 2 unspecified atom stereocenters.